The molecule has 1 aliphatic carbocycles. The SMILES string of the molecule is N#CCCC1CCC(N)C1. The molecule has 10 heavy (non-hydrogen) atoms. The molecular weight excluding hydrogens is 124 g/mol. The summed E-state index contributed by atoms with van der Waals surface area (Å²) in [7, 11) is 0. The summed E-state index contributed by atoms with van der Waals surface area (Å²) >= 11 is 0. The third kappa shape index (κ3) is 2.00. The molecule has 1 saturated carbocycles. The fourth-order valence-electron chi connectivity index (χ4n) is 1.64. The molecule has 0 bridgehead atoms. The van der Waals surface area contributed by atoms with Gasteiger partial charge in [-0.15, -0.1) is 0 Å². The molecule has 0 aromatic heterocycles. The van der Waals surface area contributed by atoms with Crippen LogP contribution in [-0.2, 0) is 0 Å². The lowest BCUT2D eigenvalue weighted by molar-refractivity contribution is 0.502. The van der Waals surface area contributed by atoms with Crippen LogP contribution in [0, 0.1) is 17.2 Å². The van der Waals surface area contributed by atoms with Crippen LogP contribution >= 0.6 is 0 Å². The maximum atomic E-state index is 8.31. The van der Waals surface area contributed by atoms with Gasteiger partial charge in [-0.3, -0.25) is 0 Å². The topological polar surface area (TPSA) is 49.8 Å². The summed E-state index contributed by atoms with van der Waals surface area (Å²) < 4.78 is 0. The zero-order chi connectivity index (χ0) is 7.40. The second-order valence-electron chi connectivity index (χ2n) is 3.14. The van der Waals surface area contributed by atoms with Crippen molar-refractivity contribution in [2.45, 2.75) is 38.1 Å². The van der Waals surface area contributed by atoms with E-state index in [1.165, 1.54) is 6.42 Å². The third-order valence-corrected chi connectivity index (χ3v) is 2.25. The number of hydrogen-bond donors (Lipinski definition) is 1. The summed E-state index contributed by atoms with van der Waals surface area (Å²) in [5.41, 5.74) is 5.71. The molecule has 0 amide bonds. The number of nitrogens with two attached hydrogens (primary N) is 1. The van der Waals surface area contributed by atoms with Crippen LogP contribution in [0.15, 0.2) is 0 Å². The van der Waals surface area contributed by atoms with Crippen molar-refractivity contribution in [1.82, 2.24) is 0 Å². The molecule has 0 radical (unpaired) electrons. The Hall–Kier alpha value is -0.550. The van der Waals surface area contributed by atoms with Crippen molar-refractivity contribution in [1.29, 1.82) is 5.26 Å². The van der Waals surface area contributed by atoms with E-state index < -0.39 is 0 Å². The quantitative estimate of drug-likeness (QED) is 0.627. The summed E-state index contributed by atoms with van der Waals surface area (Å²) in [6.45, 7) is 0. The highest BCUT2D eigenvalue weighted by molar-refractivity contribution is 4.80. The van der Waals surface area contributed by atoms with Crippen molar-refractivity contribution in [2.24, 2.45) is 11.7 Å². The Kier molecular flexibility index (Phi) is 2.70. The Morgan fingerprint density at radius 3 is 2.80 bits per heavy atom. The Balaban J connectivity index is 2.14. The summed E-state index contributed by atoms with van der Waals surface area (Å²) in [4.78, 5) is 0. The van der Waals surface area contributed by atoms with Crippen molar-refractivity contribution in [3.05, 3.63) is 0 Å². The zero-order valence-corrected chi connectivity index (χ0v) is 6.21. The third-order valence-electron chi connectivity index (χ3n) is 2.25. The molecule has 1 fully saturated rings. The van der Waals surface area contributed by atoms with Crippen molar-refractivity contribution < 1.29 is 0 Å². The van der Waals surface area contributed by atoms with Gasteiger partial charge in [0, 0.05) is 12.5 Å². The Labute approximate surface area is 62.0 Å². The van der Waals surface area contributed by atoms with E-state index in [2.05, 4.69) is 6.07 Å². The van der Waals surface area contributed by atoms with Gasteiger partial charge in [-0.2, -0.15) is 5.26 Å². The van der Waals surface area contributed by atoms with Gasteiger partial charge in [-0.1, -0.05) is 0 Å². The smallest absolute Gasteiger partial charge is 0.0621 e. The number of rotatable bonds is 2. The highest BCUT2D eigenvalue weighted by Crippen LogP contribution is 2.27. The first-order valence-electron chi connectivity index (χ1n) is 3.95. The minimum atomic E-state index is 0.420. The van der Waals surface area contributed by atoms with Crippen LogP contribution in [-0.4, -0.2) is 6.04 Å². The summed E-state index contributed by atoms with van der Waals surface area (Å²) in [5.74, 6) is 0.745. The maximum Gasteiger partial charge on any atom is 0.0621 e. The molecule has 0 aromatic rings. The van der Waals surface area contributed by atoms with Crippen molar-refractivity contribution in [3.8, 4) is 6.07 Å². The molecule has 2 atom stereocenters. The summed E-state index contributed by atoms with van der Waals surface area (Å²) in [6, 6.07) is 2.59. The van der Waals surface area contributed by atoms with E-state index in [0.29, 0.717) is 12.5 Å². The monoisotopic (exact) mass is 138 g/mol. The Morgan fingerprint density at radius 2 is 2.30 bits per heavy atom. The highest BCUT2D eigenvalue weighted by atomic mass is 14.6. The van der Waals surface area contributed by atoms with Crippen LogP contribution in [0.1, 0.15) is 32.1 Å². The molecule has 0 aliphatic heterocycles. The summed E-state index contributed by atoms with van der Waals surface area (Å²) in [6.07, 6.45) is 5.31. The average molecular weight is 138 g/mol. The van der Waals surface area contributed by atoms with E-state index in [1.807, 2.05) is 0 Å². The van der Waals surface area contributed by atoms with Gasteiger partial charge < -0.3 is 5.73 Å². The largest absolute Gasteiger partial charge is 0.328 e. The fraction of sp³-hybridized carbons (Fsp3) is 0.875. The number of hydrogen-bond acceptors (Lipinski definition) is 2. The molecule has 56 valence electrons. The van der Waals surface area contributed by atoms with E-state index in [9.17, 15) is 0 Å². The molecule has 2 nitrogen and oxygen atoms in total. The van der Waals surface area contributed by atoms with Crippen LogP contribution in [0.2, 0.25) is 0 Å². The van der Waals surface area contributed by atoms with E-state index in [0.717, 1.165) is 25.2 Å². The minimum Gasteiger partial charge on any atom is -0.328 e. The van der Waals surface area contributed by atoms with E-state index in [-0.39, 0.29) is 0 Å². The second kappa shape index (κ2) is 3.58. The number of nitrogens with zero attached hydrogens (tertiary/aromatic N) is 1. The standard InChI is InChI=1S/C8H14N2/c9-5-1-2-7-3-4-8(10)6-7/h7-8H,1-4,6,10H2. The lowest BCUT2D eigenvalue weighted by Crippen LogP contribution is -2.14. The van der Waals surface area contributed by atoms with Gasteiger partial charge in [-0.05, 0) is 31.6 Å². The molecular formula is C8H14N2. The molecule has 0 heterocycles. The van der Waals surface area contributed by atoms with Crippen molar-refractivity contribution >= 4 is 0 Å². The molecule has 1 aliphatic rings. The van der Waals surface area contributed by atoms with Crippen LogP contribution in [0.3, 0.4) is 0 Å². The highest BCUT2D eigenvalue weighted by Gasteiger charge is 2.20. The zero-order valence-electron chi connectivity index (χ0n) is 6.21. The molecule has 2 N–H and O–H groups in total. The predicted octanol–water partition coefficient (Wildman–Crippen LogP) is 1.42. The van der Waals surface area contributed by atoms with Gasteiger partial charge >= 0.3 is 0 Å². The molecule has 2 unspecified atom stereocenters. The van der Waals surface area contributed by atoms with Crippen LogP contribution in [0.4, 0.5) is 0 Å². The molecule has 1 rings (SSSR count). The van der Waals surface area contributed by atoms with Gasteiger partial charge in [0.1, 0.15) is 0 Å². The first-order valence-corrected chi connectivity index (χ1v) is 3.95. The first-order chi connectivity index (χ1) is 4.83. The van der Waals surface area contributed by atoms with E-state index in [4.69, 9.17) is 11.0 Å². The van der Waals surface area contributed by atoms with Gasteiger partial charge in [0.05, 0.1) is 6.07 Å². The fourth-order valence-corrected chi connectivity index (χ4v) is 1.64. The molecule has 0 spiro atoms. The van der Waals surface area contributed by atoms with Crippen LogP contribution in [0.25, 0.3) is 0 Å². The van der Waals surface area contributed by atoms with Gasteiger partial charge in [-0.25, -0.2) is 0 Å². The van der Waals surface area contributed by atoms with E-state index in [1.54, 1.807) is 0 Å². The molecule has 0 saturated heterocycles. The second-order valence-corrected chi connectivity index (χ2v) is 3.14. The molecule has 2 heteroatoms. The summed E-state index contributed by atoms with van der Waals surface area (Å²) in [5, 5.41) is 8.31. The van der Waals surface area contributed by atoms with E-state index >= 15 is 0 Å². The number of nitriles is 1. The van der Waals surface area contributed by atoms with Crippen molar-refractivity contribution in [2.75, 3.05) is 0 Å². The average Bonchev–Trinajstić information content (AvgIpc) is 2.31. The van der Waals surface area contributed by atoms with Gasteiger partial charge in [0.2, 0.25) is 0 Å². The first kappa shape index (κ1) is 7.56. The van der Waals surface area contributed by atoms with Gasteiger partial charge in [0.15, 0.2) is 0 Å². The Morgan fingerprint density at radius 1 is 1.50 bits per heavy atom. The van der Waals surface area contributed by atoms with Crippen LogP contribution < -0.4 is 5.73 Å². The Bertz CT molecular complexity index is 137. The maximum absolute atomic E-state index is 8.31. The minimum absolute atomic E-state index is 0.420. The van der Waals surface area contributed by atoms with Crippen molar-refractivity contribution in [3.63, 3.8) is 0 Å². The lowest BCUT2D eigenvalue weighted by atomic mass is 10.0. The normalized spacial score (nSPS) is 32.0. The lowest BCUT2D eigenvalue weighted by Gasteiger charge is -2.04. The molecule has 0 aromatic carbocycles. The van der Waals surface area contributed by atoms with Crippen LogP contribution in [0.5, 0.6) is 0 Å². The predicted molar refractivity (Wildman–Crippen MR) is 40.2 cm³/mol. The van der Waals surface area contributed by atoms with Gasteiger partial charge in [0.25, 0.3) is 0 Å².